The Morgan fingerprint density at radius 1 is 0.607 bits per heavy atom. The van der Waals surface area contributed by atoms with Crippen molar-refractivity contribution >= 4 is 54.8 Å². The van der Waals surface area contributed by atoms with E-state index >= 15 is 0 Å². The van der Waals surface area contributed by atoms with Gasteiger partial charge in [0.25, 0.3) is 0 Å². The molecule has 28 heavy (non-hydrogen) atoms. The van der Waals surface area contributed by atoms with Crippen molar-refractivity contribution in [3.05, 3.63) is 60.9 Å². The second kappa shape index (κ2) is 7.89. The summed E-state index contributed by atoms with van der Waals surface area (Å²) in [4.78, 5) is 15.7. The lowest BCUT2D eigenvalue weighted by molar-refractivity contribution is 1.13. The van der Waals surface area contributed by atoms with Crippen LogP contribution in [0.5, 0.6) is 0 Å². The number of benzene rings is 2. The van der Waals surface area contributed by atoms with Crippen LogP contribution >= 0.6 is 21.6 Å². The van der Waals surface area contributed by atoms with Crippen molar-refractivity contribution in [2.75, 3.05) is 38.0 Å². The van der Waals surface area contributed by atoms with Gasteiger partial charge >= 0.3 is 0 Å². The molecule has 0 aliphatic heterocycles. The molecule has 2 heterocycles. The van der Waals surface area contributed by atoms with E-state index in [-0.39, 0.29) is 0 Å². The smallest absolute Gasteiger partial charge is 0.0734 e. The van der Waals surface area contributed by atoms with Gasteiger partial charge < -0.3 is 9.80 Å². The maximum atomic E-state index is 4.55. The second-order valence-electron chi connectivity index (χ2n) is 6.98. The number of nitrogens with zero attached hydrogens (tertiary/aromatic N) is 4. The summed E-state index contributed by atoms with van der Waals surface area (Å²) < 4.78 is 0. The highest BCUT2D eigenvalue weighted by atomic mass is 33.1. The Morgan fingerprint density at radius 3 is 1.43 bits per heavy atom. The predicted octanol–water partition coefficient (Wildman–Crippen LogP) is 5.71. The Morgan fingerprint density at radius 2 is 1.04 bits per heavy atom. The first-order valence-corrected chi connectivity index (χ1v) is 11.1. The molecule has 142 valence electrons. The van der Waals surface area contributed by atoms with Gasteiger partial charge in [0.05, 0.1) is 11.0 Å². The van der Waals surface area contributed by atoms with Gasteiger partial charge in [0, 0.05) is 72.5 Å². The molecule has 4 aromatic rings. The van der Waals surface area contributed by atoms with Crippen LogP contribution in [0.15, 0.2) is 70.7 Å². The molecule has 0 aliphatic carbocycles. The van der Waals surface area contributed by atoms with Crippen molar-refractivity contribution in [2.24, 2.45) is 0 Å². The molecule has 0 amide bonds. The molecule has 0 unspecified atom stereocenters. The fraction of sp³-hybridized carbons (Fsp3) is 0.182. The topological polar surface area (TPSA) is 32.3 Å². The minimum Gasteiger partial charge on any atom is -0.378 e. The van der Waals surface area contributed by atoms with E-state index in [1.54, 1.807) is 21.6 Å². The monoisotopic (exact) mass is 406 g/mol. The lowest BCUT2D eigenvalue weighted by Crippen LogP contribution is -2.08. The predicted molar refractivity (Wildman–Crippen MR) is 124 cm³/mol. The lowest BCUT2D eigenvalue weighted by Gasteiger charge is -2.14. The largest absolute Gasteiger partial charge is 0.378 e. The molecule has 4 nitrogen and oxygen atoms in total. The maximum Gasteiger partial charge on any atom is 0.0734 e. The molecule has 0 N–H and O–H groups in total. The third-order valence-electron chi connectivity index (χ3n) is 4.63. The highest BCUT2D eigenvalue weighted by Gasteiger charge is 2.09. The number of fused-ring (bicyclic) bond motifs is 2. The van der Waals surface area contributed by atoms with E-state index < -0.39 is 0 Å². The molecule has 2 aromatic carbocycles. The third-order valence-corrected chi connectivity index (χ3v) is 7.11. The molecule has 0 atom stereocenters. The number of anilines is 2. The standard InChI is InChI=1S/C22H22N4S2/c1-25(2)15-5-7-17-19(13-15)23-11-9-21(17)27-28-22-10-12-24-20-14-16(26(3)4)6-8-18(20)22/h5-14H,1-4H3. The van der Waals surface area contributed by atoms with Crippen molar-refractivity contribution in [1.82, 2.24) is 9.97 Å². The van der Waals surface area contributed by atoms with Crippen molar-refractivity contribution < 1.29 is 0 Å². The van der Waals surface area contributed by atoms with Crippen LogP contribution in [-0.2, 0) is 0 Å². The van der Waals surface area contributed by atoms with E-state index in [0.717, 1.165) is 22.4 Å². The molecule has 0 radical (unpaired) electrons. The van der Waals surface area contributed by atoms with E-state index in [1.165, 1.54) is 20.6 Å². The molecule has 4 rings (SSSR count). The quantitative estimate of drug-likeness (QED) is 0.395. The second-order valence-corrected chi connectivity index (χ2v) is 9.19. The zero-order chi connectivity index (χ0) is 19.7. The Labute approximate surface area is 173 Å². The van der Waals surface area contributed by atoms with E-state index in [2.05, 4.69) is 68.3 Å². The molecule has 0 saturated carbocycles. The van der Waals surface area contributed by atoms with Crippen molar-refractivity contribution in [3.8, 4) is 0 Å². The van der Waals surface area contributed by atoms with Gasteiger partial charge in [-0.2, -0.15) is 0 Å². The SMILES string of the molecule is CN(C)c1ccc2c(SSc3ccnc4cc(N(C)C)ccc34)ccnc2c1. The van der Waals surface area contributed by atoms with Crippen LogP contribution in [0.2, 0.25) is 0 Å². The molecule has 0 spiro atoms. The van der Waals surface area contributed by atoms with E-state index in [1.807, 2.05) is 40.6 Å². The van der Waals surface area contributed by atoms with Crippen molar-refractivity contribution in [1.29, 1.82) is 0 Å². The fourth-order valence-corrected chi connectivity index (χ4v) is 5.36. The van der Waals surface area contributed by atoms with Gasteiger partial charge in [0.15, 0.2) is 0 Å². The molecular weight excluding hydrogens is 384 g/mol. The lowest BCUT2D eigenvalue weighted by atomic mass is 10.2. The Kier molecular flexibility index (Phi) is 5.33. The maximum absolute atomic E-state index is 4.55. The summed E-state index contributed by atoms with van der Waals surface area (Å²) in [6, 6.07) is 17.0. The van der Waals surface area contributed by atoms with Crippen molar-refractivity contribution in [3.63, 3.8) is 0 Å². The first kappa shape index (κ1) is 18.9. The average molecular weight is 407 g/mol. The van der Waals surface area contributed by atoms with Crippen LogP contribution < -0.4 is 9.80 Å². The zero-order valence-corrected chi connectivity index (χ0v) is 18.0. The minimum absolute atomic E-state index is 1.02. The fourth-order valence-electron chi connectivity index (χ4n) is 3.01. The zero-order valence-electron chi connectivity index (χ0n) is 16.4. The number of rotatable bonds is 5. The summed E-state index contributed by atoms with van der Waals surface area (Å²) >= 11 is 0. The molecule has 6 heteroatoms. The van der Waals surface area contributed by atoms with Crippen LogP contribution in [-0.4, -0.2) is 38.2 Å². The molecular formula is C22H22N4S2. The number of hydrogen-bond donors (Lipinski definition) is 0. The Hall–Kier alpha value is -2.44. The minimum atomic E-state index is 1.02. The van der Waals surface area contributed by atoms with Gasteiger partial charge in [-0.25, -0.2) is 0 Å². The first-order valence-electron chi connectivity index (χ1n) is 8.99. The van der Waals surface area contributed by atoms with Crippen LogP contribution in [0.3, 0.4) is 0 Å². The molecule has 0 fully saturated rings. The van der Waals surface area contributed by atoms with Crippen LogP contribution in [0, 0.1) is 0 Å². The summed E-state index contributed by atoms with van der Waals surface area (Å²) in [5.41, 5.74) is 4.36. The first-order chi connectivity index (χ1) is 13.5. The van der Waals surface area contributed by atoms with E-state index in [0.29, 0.717) is 0 Å². The van der Waals surface area contributed by atoms with Gasteiger partial charge in [-0.3, -0.25) is 9.97 Å². The summed E-state index contributed by atoms with van der Waals surface area (Å²) in [5.74, 6) is 0. The highest BCUT2D eigenvalue weighted by Crippen LogP contribution is 2.43. The van der Waals surface area contributed by atoms with Gasteiger partial charge in [-0.1, -0.05) is 21.6 Å². The van der Waals surface area contributed by atoms with Crippen LogP contribution in [0.1, 0.15) is 0 Å². The number of hydrogen-bond acceptors (Lipinski definition) is 6. The summed E-state index contributed by atoms with van der Waals surface area (Å²) in [6.07, 6.45) is 3.78. The van der Waals surface area contributed by atoms with Crippen molar-refractivity contribution in [2.45, 2.75) is 9.79 Å². The van der Waals surface area contributed by atoms with Gasteiger partial charge in [0.1, 0.15) is 0 Å². The van der Waals surface area contributed by atoms with E-state index in [9.17, 15) is 0 Å². The summed E-state index contributed by atoms with van der Waals surface area (Å²) in [7, 11) is 11.7. The van der Waals surface area contributed by atoms with Gasteiger partial charge in [-0.15, -0.1) is 0 Å². The normalized spacial score (nSPS) is 11.1. The molecule has 2 aromatic heterocycles. The Balaban J connectivity index is 1.64. The van der Waals surface area contributed by atoms with Gasteiger partial charge in [-0.05, 0) is 48.5 Å². The number of pyridine rings is 2. The molecule has 0 saturated heterocycles. The van der Waals surface area contributed by atoms with Gasteiger partial charge in [0.2, 0.25) is 0 Å². The third kappa shape index (κ3) is 3.75. The summed E-state index contributed by atoms with van der Waals surface area (Å²) in [5, 5.41) is 2.36. The van der Waals surface area contributed by atoms with E-state index in [4.69, 9.17) is 0 Å². The number of aromatic nitrogens is 2. The average Bonchev–Trinajstić information content (AvgIpc) is 2.71. The molecule has 0 bridgehead atoms. The highest BCUT2D eigenvalue weighted by molar-refractivity contribution is 8.76. The van der Waals surface area contributed by atoms with Crippen LogP contribution in [0.4, 0.5) is 11.4 Å². The molecule has 0 aliphatic rings. The Bertz CT molecular complexity index is 1050. The summed E-state index contributed by atoms with van der Waals surface area (Å²) in [6.45, 7) is 0. The van der Waals surface area contributed by atoms with Crippen LogP contribution in [0.25, 0.3) is 21.8 Å².